The van der Waals surface area contributed by atoms with E-state index in [1.54, 1.807) is 0 Å². The largest absolute Gasteiger partial charge is 2.00 e. The maximum Gasteiger partial charge on any atom is 2.00 e. The van der Waals surface area contributed by atoms with Crippen molar-refractivity contribution in [1.82, 2.24) is 0 Å². The van der Waals surface area contributed by atoms with Gasteiger partial charge in [-0.2, -0.15) is 30.3 Å². The molecular weight excluding hydrogens is 348 g/mol. The Kier molecular flexibility index (Phi) is 7.15. The average Bonchev–Trinajstić information content (AvgIpc) is 3.38. The van der Waals surface area contributed by atoms with Gasteiger partial charge >= 0.3 is 17.1 Å². The Labute approximate surface area is 159 Å². The Morgan fingerprint density at radius 2 is 1.32 bits per heavy atom. The van der Waals surface area contributed by atoms with Gasteiger partial charge in [0.25, 0.3) is 0 Å². The molecule has 0 radical (unpaired) electrons. The molecule has 0 aliphatic heterocycles. The van der Waals surface area contributed by atoms with Gasteiger partial charge < -0.3 is 0 Å². The zero-order valence-electron chi connectivity index (χ0n) is 13.7. The van der Waals surface area contributed by atoms with Crippen LogP contribution in [0.25, 0.3) is 11.1 Å². The van der Waals surface area contributed by atoms with E-state index in [0.29, 0.717) is 0 Å². The van der Waals surface area contributed by atoms with E-state index in [4.69, 9.17) is 0 Å². The molecule has 0 fully saturated rings. The van der Waals surface area contributed by atoms with Crippen LogP contribution in [0.1, 0.15) is 15.9 Å². The van der Waals surface area contributed by atoms with E-state index in [0.717, 1.165) is 22.3 Å². The summed E-state index contributed by atoms with van der Waals surface area (Å²) in [5.74, 6) is 0.0670. The van der Waals surface area contributed by atoms with Crippen molar-refractivity contribution in [2.75, 3.05) is 0 Å². The summed E-state index contributed by atoms with van der Waals surface area (Å²) in [6, 6.07) is 35.2. The number of rotatable bonds is 3. The van der Waals surface area contributed by atoms with Gasteiger partial charge in [-0.3, -0.25) is 4.79 Å². The Hall–Kier alpha value is -2.67. The van der Waals surface area contributed by atoms with Gasteiger partial charge in [0, 0.05) is 5.56 Å². The molecule has 0 amide bonds. The smallest absolute Gasteiger partial charge is 0.298 e. The Morgan fingerprint density at radius 3 is 1.92 bits per heavy atom. The van der Waals surface area contributed by atoms with Crippen molar-refractivity contribution in [2.45, 2.75) is 0 Å². The second-order valence-electron chi connectivity index (χ2n) is 5.38. The zero-order valence-corrected chi connectivity index (χ0v) is 14.8. The van der Waals surface area contributed by atoms with Gasteiger partial charge in [0.15, 0.2) is 5.78 Å². The van der Waals surface area contributed by atoms with Crippen molar-refractivity contribution in [2.24, 2.45) is 0 Å². The van der Waals surface area contributed by atoms with Crippen LogP contribution >= 0.6 is 0 Å². The summed E-state index contributed by atoms with van der Waals surface area (Å²) >= 11 is 0. The van der Waals surface area contributed by atoms with E-state index in [1.165, 1.54) is 0 Å². The molecule has 4 aromatic carbocycles. The molecular formula is C23H18FeO. The third-order valence-electron chi connectivity index (χ3n) is 3.74. The number of hydrogen-bond acceptors (Lipinski definition) is 1. The van der Waals surface area contributed by atoms with E-state index in [-0.39, 0.29) is 22.9 Å². The summed E-state index contributed by atoms with van der Waals surface area (Å²) in [7, 11) is 0. The first kappa shape index (κ1) is 18.7. The van der Waals surface area contributed by atoms with Crippen LogP contribution in [0, 0.1) is 0 Å². The molecule has 0 bridgehead atoms. The second-order valence-corrected chi connectivity index (χ2v) is 5.38. The van der Waals surface area contributed by atoms with Crippen LogP contribution in [0.15, 0.2) is 109 Å². The van der Waals surface area contributed by atoms with Crippen LogP contribution in [0.2, 0.25) is 0 Å². The predicted molar refractivity (Wildman–Crippen MR) is 99.4 cm³/mol. The first-order chi connectivity index (χ1) is 11.9. The first-order valence-electron chi connectivity index (χ1n) is 7.94. The van der Waals surface area contributed by atoms with Gasteiger partial charge in [-0.1, -0.05) is 54.1 Å². The molecule has 4 rings (SSSR count). The summed E-state index contributed by atoms with van der Waals surface area (Å²) in [6.07, 6.45) is 0. The molecule has 1 nitrogen and oxygen atoms in total. The van der Waals surface area contributed by atoms with Crippen LogP contribution in [-0.4, -0.2) is 5.78 Å². The normalized spacial score (nSPS) is 9.44. The van der Waals surface area contributed by atoms with E-state index < -0.39 is 0 Å². The number of carbonyl (C=O) groups is 1. The van der Waals surface area contributed by atoms with Gasteiger partial charge in [-0.25, -0.2) is 12.1 Å². The summed E-state index contributed by atoms with van der Waals surface area (Å²) in [5.41, 5.74) is 3.54. The zero-order chi connectivity index (χ0) is 16.6. The number of hydrogen-bond donors (Lipinski definition) is 0. The van der Waals surface area contributed by atoms with Crippen LogP contribution in [0.3, 0.4) is 0 Å². The summed E-state index contributed by atoms with van der Waals surface area (Å²) in [5, 5.41) is 0. The minimum Gasteiger partial charge on any atom is -0.298 e. The van der Waals surface area contributed by atoms with E-state index in [2.05, 4.69) is 0 Å². The summed E-state index contributed by atoms with van der Waals surface area (Å²) in [6.45, 7) is 0. The molecule has 0 unspecified atom stereocenters. The molecule has 25 heavy (non-hydrogen) atoms. The fraction of sp³-hybridized carbons (Fsp3) is 0. The SMILES string of the molecule is O=C(c1ccccc1)c1ccccc1-[c-]1cccc1.[Fe+2].c1cc[cH-]c1. The summed E-state index contributed by atoms with van der Waals surface area (Å²) < 4.78 is 0. The average molecular weight is 366 g/mol. The molecule has 124 valence electrons. The number of ketones is 1. The molecule has 2 heteroatoms. The quantitative estimate of drug-likeness (QED) is 0.258. The van der Waals surface area contributed by atoms with E-state index in [1.807, 2.05) is 109 Å². The molecule has 0 N–H and O–H groups in total. The minimum atomic E-state index is 0. The summed E-state index contributed by atoms with van der Waals surface area (Å²) in [4.78, 5) is 12.6. The molecule has 0 spiro atoms. The minimum absolute atomic E-state index is 0. The van der Waals surface area contributed by atoms with Crippen LogP contribution in [0.5, 0.6) is 0 Å². The van der Waals surface area contributed by atoms with Crippen molar-refractivity contribution in [3.63, 3.8) is 0 Å². The molecule has 4 aromatic rings. The number of carbonyl (C=O) groups excluding carboxylic acids is 1. The third-order valence-corrected chi connectivity index (χ3v) is 3.74. The maximum absolute atomic E-state index is 12.6. The second kappa shape index (κ2) is 9.58. The standard InChI is InChI=1S/C18H13O.C5H5.Fe/c19-18(15-10-2-1-3-11-15)17-13-7-6-12-16(17)14-8-4-5-9-14;1-2-4-5-3-1;/h1-13H;1-5H;/q2*-1;+2. The van der Waals surface area contributed by atoms with Crippen molar-refractivity contribution in [3.05, 3.63) is 120 Å². The maximum atomic E-state index is 12.6. The topological polar surface area (TPSA) is 17.1 Å². The van der Waals surface area contributed by atoms with Crippen LogP contribution in [0.4, 0.5) is 0 Å². The molecule has 0 aliphatic carbocycles. The van der Waals surface area contributed by atoms with Crippen molar-refractivity contribution < 1.29 is 21.9 Å². The Bertz CT molecular complexity index is 842. The van der Waals surface area contributed by atoms with Gasteiger partial charge in [-0.15, -0.1) is 23.8 Å². The first-order valence-corrected chi connectivity index (χ1v) is 7.94. The third kappa shape index (κ3) is 4.90. The predicted octanol–water partition coefficient (Wildman–Crippen LogP) is 5.71. The van der Waals surface area contributed by atoms with Crippen LogP contribution in [-0.2, 0) is 17.1 Å². The molecule has 0 saturated heterocycles. The van der Waals surface area contributed by atoms with Crippen LogP contribution < -0.4 is 0 Å². The monoisotopic (exact) mass is 366 g/mol. The molecule has 0 aromatic heterocycles. The van der Waals surface area contributed by atoms with Crippen molar-refractivity contribution in [3.8, 4) is 11.1 Å². The molecule has 0 heterocycles. The Balaban J connectivity index is 0.000000325. The van der Waals surface area contributed by atoms with Crippen molar-refractivity contribution >= 4 is 5.78 Å². The van der Waals surface area contributed by atoms with Gasteiger partial charge in [0.1, 0.15) is 0 Å². The van der Waals surface area contributed by atoms with Gasteiger partial charge in [0.2, 0.25) is 0 Å². The fourth-order valence-corrected chi connectivity index (χ4v) is 2.55. The Morgan fingerprint density at radius 1 is 0.720 bits per heavy atom. The molecule has 0 atom stereocenters. The van der Waals surface area contributed by atoms with Crippen molar-refractivity contribution in [1.29, 1.82) is 0 Å². The van der Waals surface area contributed by atoms with Gasteiger partial charge in [0.05, 0.1) is 0 Å². The molecule has 0 saturated carbocycles. The molecule has 0 aliphatic rings. The number of benzene rings is 2. The van der Waals surface area contributed by atoms with E-state index >= 15 is 0 Å². The fourth-order valence-electron chi connectivity index (χ4n) is 2.55. The van der Waals surface area contributed by atoms with Gasteiger partial charge in [-0.05, 0) is 5.56 Å². The van der Waals surface area contributed by atoms with E-state index in [9.17, 15) is 4.79 Å².